The minimum atomic E-state index is 0. The van der Waals surface area contributed by atoms with Crippen molar-refractivity contribution in [1.29, 1.82) is 0 Å². The van der Waals surface area contributed by atoms with Crippen LogP contribution in [0.15, 0.2) is 54.6 Å². The van der Waals surface area contributed by atoms with Crippen LogP contribution in [-0.2, 0) is 6.42 Å². The van der Waals surface area contributed by atoms with Gasteiger partial charge in [-0.1, -0.05) is 54.6 Å². The molecule has 0 fully saturated rings. The summed E-state index contributed by atoms with van der Waals surface area (Å²) in [7, 11) is 0. The van der Waals surface area contributed by atoms with E-state index in [4.69, 9.17) is 0 Å². The number of hydrogen-bond donors (Lipinski definition) is 0. The van der Waals surface area contributed by atoms with Crippen LogP contribution in [0.4, 0.5) is 0 Å². The van der Waals surface area contributed by atoms with Gasteiger partial charge in [0, 0.05) is 0 Å². The molecule has 0 bridgehead atoms. The van der Waals surface area contributed by atoms with Crippen LogP contribution >= 0.6 is 0 Å². The zero-order chi connectivity index (χ0) is 9.80. The first kappa shape index (κ1) is 12.3. The third kappa shape index (κ3) is 3.38. The predicted octanol–water partition coefficient (Wildman–Crippen LogP) is 2.13. The van der Waals surface area contributed by atoms with Gasteiger partial charge in [0.2, 0.25) is 0 Å². The number of hydrogen-bond acceptors (Lipinski definition) is 0. The molecule has 0 aliphatic rings. The molecule has 0 N–H and O–H groups in total. The van der Waals surface area contributed by atoms with Crippen molar-refractivity contribution in [2.45, 2.75) is 13.3 Å². The monoisotopic (exact) mass is 306 g/mol. The van der Waals surface area contributed by atoms with Crippen LogP contribution in [0.25, 0.3) is 0 Å². The Hall–Kier alpha value is -0.761. The molecule has 0 heterocycles. The zero-order valence-corrected chi connectivity index (χ0v) is 8.40. The summed E-state index contributed by atoms with van der Waals surface area (Å²) in [6, 6.07) is 19.1. The van der Waals surface area contributed by atoms with Crippen molar-refractivity contribution in [2.75, 3.05) is 0 Å². The zero-order valence-electron chi connectivity index (χ0n) is 8.40. The quantitative estimate of drug-likeness (QED) is 0.746. The van der Waals surface area contributed by atoms with Gasteiger partial charge in [-0.05, 0) is 30.0 Å². The van der Waals surface area contributed by atoms with Gasteiger partial charge < -0.3 is 0 Å². The molecular weight excluding hydrogens is 287 g/mol. The molecule has 1 heteroatoms. The number of aryl methyl sites for hydroxylation is 1. The van der Waals surface area contributed by atoms with E-state index in [1.54, 1.807) is 0 Å². The van der Waals surface area contributed by atoms with E-state index in [1.807, 2.05) is 0 Å². The van der Waals surface area contributed by atoms with Crippen molar-refractivity contribution >= 4 is 23.9 Å². The predicted molar refractivity (Wildman–Crippen MR) is 71.8 cm³/mol. The molecule has 78 valence electrons. The Morgan fingerprint density at radius 3 is 2.07 bits per heavy atom. The van der Waals surface area contributed by atoms with Crippen LogP contribution in [0.5, 0.6) is 0 Å². The van der Waals surface area contributed by atoms with E-state index >= 15 is 0 Å². The van der Waals surface area contributed by atoms with Gasteiger partial charge in [0.1, 0.15) is 0 Å². The van der Waals surface area contributed by atoms with E-state index in [2.05, 4.69) is 61.5 Å². The first-order chi connectivity index (χ1) is 6.86. The Morgan fingerprint density at radius 1 is 0.800 bits per heavy atom. The fraction of sp³-hybridized carbons (Fsp3) is 0.143. The molecule has 0 amide bonds. The molecule has 15 heavy (non-hydrogen) atoms. The van der Waals surface area contributed by atoms with Crippen molar-refractivity contribution in [3.63, 3.8) is 0 Å². The topological polar surface area (TPSA) is 0 Å². The second kappa shape index (κ2) is 5.96. The van der Waals surface area contributed by atoms with Gasteiger partial charge >= 0.3 is 23.9 Å². The Kier molecular flexibility index (Phi) is 4.89. The maximum absolute atomic E-state index is 2.20. The van der Waals surface area contributed by atoms with E-state index < -0.39 is 0 Å². The Bertz CT molecular complexity index is 407. The van der Waals surface area contributed by atoms with E-state index in [-0.39, 0.29) is 23.9 Å². The van der Waals surface area contributed by atoms with Gasteiger partial charge in [0.15, 0.2) is 0 Å². The van der Waals surface area contributed by atoms with Crippen LogP contribution < -0.4 is 0 Å². The fourth-order valence-electron chi connectivity index (χ4n) is 1.62. The molecule has 0 nitrogen and oxygen atoms in total. The summed E-state index contributed by atoms with van der Waals surface area (Å²) in [5.41, 5.74) is 4.16. The minimum absolute atomic E-state index is 0. The van der Waals surface area contributed by atoms with Crippen LogP contribution in [0, 0.1) is 6.92 Å². The summed E-state index contributed by atoms with van der Waals surface area (Å²) in [5, 5.41) is 0. The molecule has 0 spiro atoms. The molecule has 0 radical (unpaired) electrons. The van der Waals surface area contributed by atoms with E-state index in [1.165, 1.54) is 16.7 Å². The second-order valence-corrected chi connectivity index (χ2v) is 3.59. The van der Waals surface area contributed by atoms with E-state index in [0.29, 0.717) is 0 Å². The molecule has 0 aromatic heterocycles. The summed E-state index contributed by atoms with van der Waals surface area (Å²) in [6.07, 6.45) is 1.04. The van der Waals surface area contributed by atoms with Gasteiger partial charge in [-0.3, -0.25) is 0 Å². The molecule has 0 saturated heterocycles. The second-order valence-electron chi connectivity index (χ2n) is 3.59. The fourth-order valence-corrected chi connectivity index (χ4v) is 1.62. The van der Waals surface area contributed by atoms with Crippen molar-refractivity contribution in [3.8, 4) is 0 Å². The molecule has 0 unspecified atom stereocenters. The first-order valence-corrected chi connectivity index (χ1v) is 4.95. The van der Waals surface area contributed by atoms with Crippen LogP contribution in [-0.4, -0.2) is 23.9 Å². The summed E-state index contributed by atoms with van der Waals surface area (Å²) in [4.78, 5) is 0. The van der Waals surface area contributed by atoms with Crippen LogP contribution in [0.2, 0.25) is 0 Å². The van der Waals surface area contributed by atoms with Gasteiger partial charge in [-0.25, -0.2) is 0 Å². The van der Waals surface area contributed by atoms with E-state index in [9.17, 15) is 0 Å². The third-order valence-electron chi connectivity index (χ3n) is 2.50. The average molecular weight is 305 g/mol. The molecule has 0 aliphatic carbocycles. The van der Waals surface area contributed by atoms with Gasteiger partial charge in [-0.15, -0.1) is 0 Å². The van der Waals surface area contributed by atoms with Gasteiger partial charge in [-0.2, -0.15) is 0 Å². The van der Waals surface area contributed by atoms with Gasteiger partial charge in [0.25, 0.3) is 0 Å². The SMILES string of the molecule is Cc1ccccc1Cc1ccccc1.[SnH4]. The molecule has 0 aliphatic heterocycles. The first-order valence-electron chi connectivity index (χ1n) is 4.95. The maximum atomic E-state index is 2.20. The van der Waals surface area contributed by atoms with Crippen molar-refractivity contribution < 1.29 is 0 Å². The molecule has 2 rings (SSSR count). The third-order valence-corrected chi connectivity index (χ3v) is 2.50. The van der Waals surface area contributed by atoms with Crippen molar-refractivity contribution in [2.24, 2.45) is 0 Å². The molecule has 0 atom stereocenters. The summed E-state index contributed by atoms with van der Waals surface area (Å²) in [6.45, 7) is 2.16. The molecular formula is C14H18Sn. The molecule has 0 saturated carbocycles. The summed E-state index contributed by atoms with van der Waals surface area (Å²) >= 11 is 0. The Labute approximate surface area is 108 Å². The summed E-state index contributed by atoms with van der Waals surface area (Å²) < 4.78 is 0. The number of rotatable bonds is 2. The Morgan fingerprint density at radius 2 is 1.40 bits per heavy atom. The summed E-state index contributed by atoms with van der Waals surface area (Å²) in [5.74, 6) is 0. The van der Waals surface area contributed by atoms with Crippen LogP contribution in [0.1, 0.15) is 16.7 Å². The molecule has 2 aromatic carbocycles. The average Bonchev–Trinajstić information content (AvgIpc) is 2.23. The van der Waals surface area contributed by atoms with Gasteiger partial charge in [0.05, 0.1) is 0 Å². The molecule has 2 aromatic rings. The standard InChI is InChI=1S/C14H14.Sn.4H/c1-12-7-5-6-10-14(12)11-13-8-3-2-4-9-13;;;;;/h2-10H,11H2,1H3;;;;;. The van der Waals surface area contributed by atoms with E-state index in [0.717, 1.165) is 6.42 Å². The van der Waals surface area contributed by atoms with Crippen molar-refractivity contribution in [1.82, 2.24) is 0 Å². The normalized spacial score (nSPS) is 9.40. The van der Waals surface area contributed by atoms with Crippen molar-refractivity contribution in [3.05, 3.63) is 71.3 Å². The Balaban J connectivity index is 0.00000112. The van der Waals surface area contributed by atoms with Crippen LogP contribution in [0.3, 0.4) is 0 Å². The number of benzene rings is 2.